The predicted molar refractivity (Wildman–Crippen MR) is 90.6 cm³/mol. The lowest BCUT2D eigenvalue weighted by Gasteiger charge is -2.38. The monoisotopic (exact) mass is 310 g/mol. The van der Waals surface area contributed by atoms with Gasteiger partial charge in [0.05, 0.1) is 18.3 Å². The molecule has 4 rings (SSSR count). The van der Waals surface area contributed by atoms with Gasteiger partial charge in [0.2, 0.25) is 0 Å². The molecule has 1 aliphatic carbocycles. The molecule has 3 aliphatic rings. The predicted octanol–water partition coefficient (Wildman–Crippen LogP) is 2.40. The van der Waals surface area contributed by atoms with Gasteiger partial charge in [-0.3, -0.25) is 9.78 Å². The Morgan fingerprint density at radius 2 is 1.78 bits per heavy atom. The molecule has 0 N–H and O–H groups in total. The number of pyridine rings is 1. The van der Waals surface area contributed by atoms with Crippen molar-refractivity contribution in [2.75, 3.05) is 31.1 Å². The van der Waals surface area contributed by atoms with Gasteiger partial charge in [-0.05, 0) is 37.8 Å². The molecule has 1 fully saturated rings. The van der Waals surface area contributed by atoms with Crippen molar-refractivity contribution < 1.29 is 4.79 Å². The molecule has 0 spiro atoms. The Morgan fingerprint density at radius 1 is 1.00 bits per heavy atom. The Labute approximate surface area is 136 Å². The molecule has 1 aromatic heterocycles. The first-order valence-corrected chi connectivity index (χ1v) is 8.54. The smallest absolute Gasteiger partial charge is 0.168 e. The highest BCUT2D eigenvalue weighted by Crippen LogP contribution is 2.31. The van der Waals surface area contributed by atoms with Crippen LogP contribution in [0.15, 0.2) is 40.8 Å². The molecule has 0 bridgehead atoms. The van der Waals surface area contributed by atoms with Crippen molar-refractivity contribution in [3.8, 4) is 0 Å². The summed E-state index contributed by atoms with van der Waals surface area (Å²) in [4.78, 5) is 26.1. The number of anilines is 1. The van der Waals surface area contributed by atoms with Crippen LogP contribution in [0.2, 0.25) is 0 Å². The van der Waals surface area contributed by atoms with Crippen molar-refractivity contribution in [1.82, 2.24) is 9.88 Å². The number of allylic oxidation sites excluding steroid dienone is 2. The molecule has 0 unspecified atom stereocenters. The highest BCUT2D eigenvalue weighted by Gasteiger charge is 2.29. The van der Waals surface area contributed by atoms with Crippen molar-refractivity contribution in [3.63, 3.8) is 0 Å². The standard InChI is InChI=1S/C18H22N4O/c23-17-12-18(20-16-6-2-1-5-15(16)17)22-10-8-21(9-11-22)14-4-3-7-19-13-14/h3-4,7,13H,1-2,5-6,8-12H2. The van der Waals surface area contributed by atoms with Crippen molar-refractivity contribution in [1.29, 1.82) is 0 Å². The average Bonchev–Trinajstić information content (AvgIpc) is 2.63. The van der Waals surface area contributed by atoms with E-state index in [9.17, 15) is 4.79 Å². The number of ketones is 1. The number of Topliss-reactive ketones (excluding diaryl/α,β-unsaturated/α-hetero) is 1. The first-order chi connectivity index (χ1) is 11.3. The van der Waals surface area contributed by atoms with E-state index >= 15 is 0 Å². The minimum Gasteiger partial charge on any atom is -0.367 e. The lowest BCUT2D eigenvalue weighted by Crippen LogP contribution is -2.49. The molecule has 5 nitrogen and oxygen atoms in total. The van der Waals surface area contributed by atoms with Gasteiger partial charge in [-0.2, -0.15) is 0 Å². The van der Waals surface area contributed by atoms with Crippen LogP contribution in [-0.2, 0) is 4.79 Å². The second-order valence-electron chi connectivity index (χ2n) is 6.45. The molecule has 3 heterocycles. The largest absolute Gasteiger partial charge is 0.367 e. The molecule has 0 atom stereocenters. The number of piperazine rings is 1. The van der Waals surface area contributed by atoms with Crippen LogP contribution in [0, 0.1) is 0 Å². The second-order valence-corrected chi connectivity index (χ2v) is 6.45. The Morgan fingerprint density at radius 3 is 2.57 bits per heavy atom. The van der Waals surface area contributed by atoms with Crippen molar-refractivity contribution in [2.24, 2.45) is 4.99 Å². The van der Waals surface area contributed by atoms with Crippen LogP contribution in [0.3, 0.4) is 0 Å². The molecular weight excluding hydrogens is 288 g/mol. The fourth-order valence-electron chi connectivity index (χ4n) is 3.70. The van der Waals surface area contributed by atoms with Gasteiger partial charge >= 0.3 is 0 Å². The number of carbonyl (C=O) groups is 1. The third-order valence-electron chi connectivity index (χ3n) is 5.01. The van der Waals surface area contributed by atoms with Gasteiger partial charge in [0.1, 0.15) is 5.84 Å². The maximum atomic E-state index is 12.4. The summed E-state index contributed by atoms with van der Waals surface area (Å²) in [6.45, 7) is 3.74. The summed E-state index contributed by atoms with van der Waals surface area (Å²) < 4.78 is 0. The van der Waals surface area contributed by atoms with E-state index in [1.165, 1.54) is 5.69 Å². The fourth-order valence-corrected chi connectivity index (χ4v) is 3.70. The van der Waals surface area contributed by atoms with E-state index in [1.807, 2.05) is 12.3 Å². The van der Waals surface area contributed by atoms with Crippen LogP contribution in [0.5, 0.6) is 0 Å². The van der Waals surface area contributed by atoms with Crippen LogP contribution in [-0.4, -0.2) is 47.7 Å². The zero-order valence-electron chi connectivity index (χ0n) is 13.4. The topological polar surface area (TPSA) is 48.8 Å². The van der Waals surface area contributed by atoms with Crippen molar-refractivity contribution in [3.05, 3.63) is 35.8 Å². The summed E-state index contributed by atoms with van der Waals surface area (Å²) in [5, 5.41) is 0. The first kappa shape index (κ1) is 14.4. The summed E-state index contributed by atoms with van der Waals surface area (Å²) in [6, 6.07) is 4.08. The van der Waals surface area contributed by atoms with Gasteiger partial charge in [-0.25, -0.2) is 4.99 Å². The van der Waals surface area contributed by atoms with Gasteiger partial charge in [-0.1, -0.05) is 0 Å². The molecule has 0 saturated carbocycles. The summed E-state index contributed by atoms with van der Waals surface area (Å²) in [5.74, 6) is 1.29. The molecule has 23 heavy (non-hydrogen) atoms. The summed E-state index contributed by atoms with van der Waals surface area (Å²) in [6.07, 6.45) is 8.41. The molecule has 120 valence electrons. The summed E-state index contributed by atoms with van der Waals surface area (Å²) in [5.41, 5.74) is 3.25. The van der Waals surface area contributed by atoms with Crippen LogP contribution in [0.4, 0.5) is 5.69 Å². The van der Waals surface area contributed by atoms with E-state index in [0.29, 0.717) is 12.2 Å². The Balaban J connectivity index is 1.46. The molecule has 1 aromatic rings. The first-order valence-electron chi connectivity index (χ1n) is 8.54. The Kier molecular flexibility index (Phi) is 3.85. The van der Waals surface area contributed by atoms with Crippen molar-refractivity contribution in [2.45, 2.75) is 32.1 Å². The maximum absolute atomic E-state index is 12.4. The molecular formula is C18H22N4O. The molecule has 0 radical (unpaired) electrons. The van der Waals surface area contributed by atoms with Gasteiger partial charge in [0.15, 0.2) is 5.78 Å². The molecule has 5 heteroatoms. The summed E-state index contributed by atoms with van der Waals surface area (Å²) in [7, 11) is 0. The third kappa shape index (κ3) is 2.87. The summed E-state index contributed by atoms with van der Waals surface area (Å²) >= 11 is 0. The number of rotatable bonds is 1. The number of carbonyl (C=O) groups excluding carboxylic acids is 1. The number of aromatic nitrogens is 1. The minimum absolute atomic E-state index is 0.305. The van der Waals surface area contributed by atoms with Gasteiger partial charge < -0.3 is 9.80 Å². The van der Waals surface area contributed by atoms with Gasteiger partial charge in [0, 0.05) is 43.6 Å². The maximum Gasteiger partial charge on any atom is 0.168 e. The van der Waals surface area contributed by atoms with Crippen LogP contribution >= 0.6 is 0 Å². The number of aliphatic imine (C=N–C) groups is 1. The van der Waals surface area contributed by atoms with Crippen LogP contribution in [0.1, 0.15) is 32.1 Å². The zero-order chi connectivity index (χ0) is 15.6. The van der Waals surface area contributed by atoms with Crippen LogP contribution in [0.25, 0.3) is 0 Å². The highest BCUT2D eigenvalue weighted by atomic mass is 16.1. The number of hydrogen-bond donors (Lipinski definition) is 0. The zero-order valence-corrected chi connectivity index (χ0v) is 13.4. The van der Waals surface area contributed by atoms with E-state index in [1.54, 1.807) is 6.20 Å². The van der Waals surface area contributed by atoms with E-state index in [4.69, 9.17) is 4.99 Å². The second kappa shape index (κ2) is 6.14. The highest BCUT2D eigenvalue weighted by molar-refractivity contribution is 6.11. The van der Waals surface area contributed by atoms with E-state index in [2.05, 4.69) is 20.9 Å². The fraction of sp³-hybridized carbons (Fsp3) is 0.500. The van der Waals surface area contributed by atoms with Crippen LogP contribution < -0.4 is 4.90 Å². The van der Waals surface area contributed by atoms with E-state index in [0.717, 1.165) is 69.0 Å². The number of nitrogens with zero attached hydrogens (tertiary/aromatic N) is 4. The third-order valence-corrected chi connectivity index (χ3v) is 5.01. The lowest BCUT2D eigenvalue weighted by atomic mass is 9.90. The molecule has 1 saturated heterocycles. The Bertz CT molecular complexity index is 657. The molecule has 2 aliphatic heterocycles. The lowest BCUT2D eigenvalue weighted by molar-refractivity contribution is -0.115. The van der Waals surface area contributed by atoms with E-state index < -0.39 is 0 Å². The SMILES string of the molecule is O=C1CC(N2CCN(c3cccnc3)CC2)=NC2=C1CCCC2. The number of hydrogen-bond acceptors (Lipinski definition) is 5. The van der Waals surface area contributed by atoms with Gasteiger partial charge in [0.25, 0.3) is 0 Å². The minimum atomic E-state index is 0.305. The Hall–Kier alpha value is -2.17. The number of amidine groups is 1. The van der Waals surface area contributed by atoms with E-state index in [-0.39, 0.29) is 0 Å². The molecule has 0 amide bonds. The quantitative estimate of drug-likeness (QED) is 0.799. The molecule has 0 aromatic carbocycles. The normalized spacial score (nSPS) is 22.1. The average molecular weight is 310 g/mol. The van der Waals surface area contributed by atoms with Crippen molar-refractivity contribution >= 4 is 17.3 Å². The van der Waals surface area contributed by atoms with Gasteiger partial charge in [-0.15, -0.1) is 0 Å².